The summed E-state index contributed by atoms with van der Waals surface area (Å²) in [6, 6.07) is 2.30. The zero-order valence-corrected chi connectivity index (χ0v) is 14.2. The van der Waals surface area contributed by atoms with Gasteiger partial charge >= 0.3 is 6.03 Å². The number of hydrogen-bond donors (Lipinski definition) is 1. The van der Waals surface area contributed by atoms with E-state index in [0.29, 0.717) is 18.7 Å². The normalized spacial score (nSPS) is 20.4. The summed E-state index contributed by atoms with van der Waals surface area (Å²) in [5.41, 5.74) is 0.0514. The summed E-state index contributed by atoms with van der Waals surface area (Å²) in [6.07, 6.45) is 4.72. The minimum atomic E-state index is -0.871. The van der Waals surface area contributed by atoms with Gasteiger partial charge < -0.3 is 5.32 Å². The van der Waals surface area contributed by atoms with Gasteiger partial charge in [0.2, 0.25) is 0 Å². The molecule has 24 heavy (non-hydrogen) atoms. The van der Waals surface area contributed by atoms with Crippen LogP contribution >= 0.6 is 0 Å². The predicted octanol–water partition coefficient (Wildman–Crippen LogP) is 1.61. The number of anilines is 1. The van der Waals surface area contributed by atoms with Gasteiger partial charge in [0.25, 0.3) is 11.8 Å². The van der Waals surface area contributed by atoms with Gasteiger partial charge in [0.15, 0.2) is 0 Å². The first kappa shape index (κ1) is 16.4. The van der Waals surface area contributed by atoms with Crippen LogP contribution in [0.3, 0.4) is 0 Å². The van der Waals surface area contributed by atoms with Crippen LogP contribution in [0, 0.1) is 6.92 Å². The summed E-state index contributed by atoms with van der Waals surface area (Å²) < 4.78 is 0. The second-order valence-electron chi connectivity index (χ2n) is 6.61. The van der Waals surface area contributed by atoms with Crippen molar-refractivity contribution < 1.29 is 14.4 Å². The van der Waals surface area contributed by atoms with Crippen molar-refractivity contribution >= 4 is 23.7 Å². The molecule has 1 unspecified atom stereocenters. The van der Waals surface area contributed by atoms with Gasteiger partial charge in [-0.3, -0.25) is 14.5 Å². The number of rotatable bonds is 3. The molecule has 7 heteroatoms. The maximum absolute atomic E-state index is 12.8. The molecule has 1 saturated heterocycles. The highest BCUT2D eigenvalue weighted by Crippen LogP contribution is 2.36. The molecule has 3 rings (SSSR count). The molecule has 1 atom stereocenters. The lowest BCUT2D eigenvalue weighted by molar-refractivity contribution is -0.136. The maximum Gasteiger partial charge on any atom is 0.325 e. The summed E-state index contributed by atoms with van der Waals surface area (Å²) in [4.78, 5) is 44.6. The number of nitrogens with zero attached hydrogens (tertiary/aromatic N) is 3. The minimum Gasteiger partial charge on any atom is -0.323 e. The molecular formula is C17H22N4O3. The Hall–Kier alpha value is -2.44. The molecule has 1 N–H and O–H groups in total. The fraction of sp³-hybridized carbons (Fsp3) is 0.529. The molecule has 1 saturated carbocycles. The molecule has 2 fully saturated rings. The number of imide groups is 1. The fourth-order valence-electron chi connectivity index (χ4n) is 3.63. The number of urea groups is 1. The summed E-state index contributed by atoms with van der Waals surface area (Å²) in [5, 5.41) is 2.81. The van der Waals surface area contributed by atoms with E-state index in [9.17, 15) is 14.4 Å². The van der Waals surface area contributed by atoms with Crippen molar-refractivity contribution in [2.75, 3.05) is 11.9 Å². The van der Waals surface area contributed by atoms with E-state index in [4.69, 9.17) is 0 Å². The third-order valence-electron chi connectivity index (χ3n) is 5.03. The Balaban J connectivity index is 1.82. The average molecular weight is 330 g/mol. The largest absolute Gasteiger partial charge is 0.325 e. The quantitative estimate of drug-likeness (QED) is 0.854. The number of carbonyl (C=O) groups excluding carboxylic acids is 3. The Bertz CT molecular complexity index is 697. The molecular weight excluding hydrogens is 308 g/mol. The number of carbonyl (C=O) groups is 3. The predicted molar refractivity (Wildman–Crippen MR) is 88.4 cm³/mol. The molecule has 1 aliphatic carbocycles. The summed E-state index contributed by atoms with van der Waals surface area (Å²) >= 11 is 0. The number of nitrogens with one attached hydrogen (secondary N) is 1. The molecule has 1 aromatic heterocycles. The van der Waals surface area contributed by atoms with Gasteiger partial charge in [-0.1, -0.05) is 18.9 Å². The third kappa shape index (κ3) is 2.44. The highest BCUT2D eigenvalue weighted by molar-refractivity contribution is 6.11. The molecule has 2 heterocycles. The van der Waals surface area contributed by atoms with Crippen LogP contribution in [0.5, 0.6) is 0 Å². The molecule has 1 spiro atoms. The van der Waals surface area contributed by atoms with Crippen molar-refractivity contribution in [1.82, 2.24) is 15.2 Å². The van der Waals surface area contributed by atoms with Gasteiger partial charge in [-0.15, -0.1) is 0 Å². The Morgan fingerprint density at radius 3 is 2.67 bits per heavy atom. The molecule has 7 nitrogen and oxygen atoms in total. The van der Waals surface area contributed by atoms with E-state index >= 15 is 0 Å². The van der Waals surface area contributed by atoms with Gasteiger partial charge in [-0.05, 0) is 38.3 Å². The third-order valence-corrected chi connectivity index (χ3v) is 5.03. The molecule has 0 bridgehead atoms. The maximum atomic E-state index is 12.8. The molecule has 2 aliphatic rings. The van der Waals surface area contributed by atoms with Gasteiger partial charge in [0.05, 0.1) is 0 Å². The van der Waals surface area contributed by atoms with E-state index < -0.39 is 17.6 Å². The van der Waals surface area contributed by atoms with Crippen molar-refractivity contribution in [2.45, 2.75) is 51.1 Å². The van der Waals surface area contributed by atoms with Crippen molar-refractivity contribution in [3.63, 3.8) is 0 Å². The number of amides is 4. The lowest BCUT2D eigenvalue weighted by Gasteiger charge is -2.27. The standard InChI is InChI=1S/C17H22N4O3/c1-11-7-6-10-18-13(11)20(3)14(22)12(2)21-15(23)17(19-16(21)24)8-4-5-9-17/h6-7,10,12H,4-5,8-9H2,1-3H3,(H,19,24). The second-order valence-corrected chi connectivity index (χ2v) is 6.61. The van der Waals surface area contributed by atoms with Crippen LogP contribution in [0.25, 0.3) is 0 Å². The Kier molecular flexibility index (Phi) is 4.03. The van der Waals surface area contributed by atoms with E-state index in [0.717, 1.165) is 23.3 Å². The second kappa shape index (κ2) is 5.89. The number of pyridine rings is 1. The zero-order valence-electron chi connectivity index (χ0n) is 14.2. The van der Waals surface area contributed by atoms with Crippen molar-refractivity contribution in [1.29, 1.82) is 0 Å². The van der Waals surface area contributed by atoms with Gasteiger partial charge in [-0.25, -0.2) is 14.7 Å². The van der Waals surface area contributed by atoms with Crippen molar-refractivity contribution in [2.24, 2.45) is 0 Å². The minimum absolute atomic E-state index is 0.281. The van der Waals surface area contributed by atoms with Gasteiger partial charge in [0.1, 0.15) is 17.4 Å². The van der Waals surface area contributed by atoms with Crippen LogP contribution in [0.1, 0.15) is 38.2 Å². The van der Waals surface area contributed by atoms with Crippen LogP contribution in [-0.2, 0) is 9.59 Å². The van der Waals surface area contributed by atoms with Crippen LogP contribution in [0.4, 0.5) is 10.6 Å². The van der Waals surface area contributed by atoms with E-state index in [2.05, 4.69) is 10.3 Å². The Morgan fingerprint density at radius 2 is 2.04 bits per heavy atom. The number of aromatic nitrogens is 1. The van der Waals surface area contributed by atoms with Crippen molar-refractivity contribution in [3.8, 4) is 0 Å². The molecule has 0 aromatic carbocycles. The smallest absolute Gasteiger partial charge is 0.323 e. The van der Waals surface area contributed by atoms with Gasteiger partial charge in [-0.2, -0.15) is 0 Å². The van der Waals surface area contributed by atoms with Crippen molar-refractivity contribution in [3.05, 3.63) is 23.9 Å². The topological polar surface area (TPSA) is 82.6 Å². The zero-order chi connectivity index (χ0) is 17.5. The summed E-state index contributed by atoms with van der Waals surface area (Å²) in [6.45, 7) is 3.45. The van der Waals surface area contributed by atoms with E-state index in [1.165, 1.54) is 4.90 Å². The summed E-state index contributed by atoms with van der Waals surface area (Å²) in [7, 11) is 1.61. The SMILES string of the molecule is Cc1cccnc1N(C)C(=O)C(C)N1C(=O)NC2(CCCC2)C1=O. The number of likely N-dealkylation sites (N-methyl/N-ethyl adjacent to an activating group) is 1. The first-order chi connectivity index (χ1) is 11.4. The highest BCUT2D eigenvalue weighted by atomic mass is 16.2. The molecule has 1 aliphatic heterocycles. The lowest BCUT2D eigenvalue weighted by atomic mass is 9.97. The monoisotopic (exact) mass is 330 g/mol. The molecule has 4 amide bonds. The highest BCUT2D eigenvalue weighted by Gasteiger charge is 2.54. The van der Waals surface area contributed by atoms with Crippen LogP contribution in [-0.4, -0.2) is 46.4 Å². The van der Waals surface area contributed by atoms with E-state index in [-0.39, 0.29) is 11.8 Å². The average Bonchev–Trinajstić information content (AvgIpc) is 3.12. The Labute approximate surface area is 141 Å². The lowest BCUT2D eigenvalue weighted by Crippen LogP contribution is -2.50. The first-order valence-electron chi connectivity index (χ1n) is 8.22. The molecule has 1 aromatic rings. The van der Waals surface area contributed by atoms with E-state index in [1.807, 2.05) is 13.0 Å². The number of hydrogen-bond acceptors (Lipinski definition) is 4. The summed E-state index contributed by atoms with van der Waals surface area (Å²) in [5.74, 6) is -0.0932. The number of aryl methyl sites for hydroxylation is 1. The molecule has 128 valence electrons. The van der Waals surface area contributed by atoms with Gasteiger partial charge in [0, 0.05) is 13.2 Å². The van der Waals surface area contributed by atoms with Crippen LogP contribution < -0.4 is 10.2 Å². The first-order valence-corrected chi connectivity index (χ1v) is 8.22. The fourth-order valence-corrected chi connectivity index (χ4v) is 3.63. The molecule has 0 radical (unpaired) electrons. The van der Waals surface area contributed by atoms with Crippen LogP contribution in [0.15, 0.2) is 18.3 Å². The van der Waals surface area contributed by atoms with Crippen LogP contribution in [0.2, 0.25) is 0 Å². The van der Waals surface area contributed by atoms with E-state index in [1.54, 1.807) is 26.2 Å². The Morgan fingerprint density at radius 1 is 1.38 bits per heavy atom.